The number of pyridine rings is 1. The number of aromatic nitrogens is 2. The van der Waals surface area contributed by atoms with E-state index in [2.05, 4.69) is 69.4 Å². The van der Waals surface area contributed by atoms with Gasteiger partial charge in [0.25, 0.3) is 0 Å². The first kappa shape index (κ1) is 11.5. The molecule has 0 spiro atoms. The summed E-state index contributed by atoms with van der Waals surface area (Å²) in [5.74, 6) is 0.364. The summed E-state index contributed by atoms with van der Waals surface area (Å²) < 4.78 is 0.857. The molecule has 0 bridgehead atoms. The third-order valence-corrected chi connectivity index (χ3v) is 3.74. The highest BCUT2D eigenvalue weighted by molar-refractivity contribution is 9.10. The van der Waals surface area contributed by atoms with Crippen LogP contribution in [0.4, 0.5) is 0 Å². The van der Waals surface area contributed by atoms with Gasteiger partial charge in [0.2, 0.25) is 0 Å². The average molecular weight is 301 g/mol. The molecule has 2 aromatic heterocycles. The zero-order valence-electron chi connectivity index (χ0n) is 10.0. The molecule has 90 valence electrons. The zero-order chi connectivity index (χ0) is 12.5. The Kier molecular flexibility index (Phi) is 2.92. The normalized spacial score (nSPS) is 12.8. The quantitative estimate of drug-likeness (QED) is 0.695. The van der Waals surface area contributed by atoms with Crippen LogP contribution in [0.15, 0.2) is 53.3 Å². The summed E-state index contributed by atoms with van der Waals surface area (Å²) in [5, 5.41) is 1.19. The van der Waals surface area contributed by atoms with Crippen LogP contribution in [-0.2, 0) is 0 Å². The molecule has 0 aliphatic carbocycles. The molecule has 0 aliphatic heterocycles. The fraction of sp³-hybridized carbons (Fsp3) is 0.133. The Morgan fingerprint density at radius 3 is 2.67 bits per heavy atom. The maximum atomic E-state index is 4.43. The highest BCUT2D eigenvalue weighted by atomic mass is 79.9. The van der Waals surface area contributed by atoms with Gasteiger partial charge >= 0.3 is 0 Å². The second-order valence-electron chi connectivity index (χ2n) is 4.41. The van der Waals surface area contributed by atoms with E-state index in [0.717, 1.165) is 10.3 Å². The topological polar surface area (TPSA) is 28.7 Å². The fourth-order valence-corrected chi connectivity index (χ4v) is 2.59. The van der Waals surface area contributed by atoms with E-state index in [4.69, 9.17) is 0 Å². The molecule has 0 saturated heterocycles. The van der Waals surface area contributed by atoms with Crippen LogP contribution in [0.3, 0.4) is 0 Å². The van der Waals surface area contributed by atoms with E-state index in [0.29, 0.717) is 5.92 Å². The van der Waals surface area contributed by atoms with Gasteiger partial charge in [-0.05, 0) is 39.2 Å². The van der Waals surface area contributed by atoms with E-state index in [1.807, 2.05) is 12.1 Å². The first-order chi connectivity index (χ1) is 8.75. The lowest BCUT2D eigenvalue weighted by molar-refractivity contribution is 0.932. The molecule has 0 fully saturated rings. The lowest BCUT2D eigenvalue weighted by Gasteiger charge is -2.10. The molecular weight excluding hydrogens is 288 g/mol. The lowest BCUT2D eigenvalue weighted by Crippen LogP contribution is -1.94. The summed E-state index contributed by atoms with van der Waals surface area (Å²) in [6, 6.07) is 14.6. The molecule has 1 atom stereocenters. The molecule has 1 unspecified atom stereocenters. The van der Waals surface area contributed by atoms with Gasteiger partial charge in [-0.15, -0.1) is 0 Å². The van der Waals surface area contributed by atoms with Crippen LogP contribution in [-0.4, -0.2) is 9.97 Å². The third-order valence-electron chi connectivity index (χ3n) is 3.30. The van der Waals surface area contributed by atoms with E-state index in [9.17, 15) is 0 Å². The summed E-state index contributed by atoms with van der Waals surface area (Å²) in [5.41, 5.74) is 3.54. The van der Waals surface area contributed by atoms with Crippen LogP contribution in [0, 0.1) is 0 Å². The van der Waals surface area contributed by atoms with Gasteiger partial charge in [0.15, 0.2) is 0 Å². The molecule has 2 heterocycles. The van der Waals surface area contributed by atoms with Crippen LogP contribution < -0.4 is 0 Å². The van der Waals surface area contributed by atoms with Gasteiger partial charge in [0.05, 0.1) is 0 Å². The van der Waals surface area contributed by atoms with E-state index in [1.165, 1.54) is 16.5 Å². The van der Waals surface area contributed by atoms with Gasteiger partial charge in [0, 0.05) is 17.5 Å². The Labute approximate surface area is 114 Å². The molecule has 0 aliphatic rings. The maximum absolute atomic E-state index is 4.43. The molecular formula is C15H13BrN2. The van der Waals surface area contributed by atoms with E-state index in [1.54, 1.807) is 0 Å². The number of nitrogens with one attached hydrogen (secondary N) is 1. The van der Waals surface area contributed by atoms with Crippen LogP contribution in [0.1, 0.15) is 24.0 Å². The van der Waals surface area contributed by atoms with Crippen molar-refractivity contribution in [2.24, 2.45) is 0 Å². The van der Waals surface area contributed by atoms with Crippen molar-refractivity contribution in [1.82, 2.24) is 9.97 Å². The largest absolute Gasteiger partial charge is 0.346 e. The first-order valence-corrected chi connectivity index (χ1v) is 6.73. The number of halogens is 1. The summed E-state index contributed by atoms with van der Waals surface area (Å²) in [6.07, 6.45) is 2.06. The Morgan fingerprint density at radius 1 is 1.11 bits per heavy atom. The van der Waals surface area contributed by atoms with Crippen molar-refractivity contribution in [3.8, 4) is 0 Å². The second-order valence-corrected chi connectivity index (χ2v) is 5.22. The predicted octanol–water partition coefficient (Wildman–Crippen LogP) is 4.48. The number of nitrogens with zero attached hydrogens (tertiary/aromatic N) is 1. The minimum absolute atomic E-state index is 0.364. The van der Waals surface area contributed by atoms with Crippen molar-refractivity contribution >= 4 is 27.0 Å². The molecule has 18 heavy (non-hydrogen) atoms. The average Bonchev–Trinajstić information content (AvgIpc) is 2.81. The van der Waals surface area contributed by atoms with Gasteiger partial charge in [-0.25, -0.2) is 4.98 Å². The van der Waals surface area contributed by atoms with Crippen molar-refractivity contribution in [2.45, 2.75) is 12.8 Å². The van der Waals surface area contributed by atoms with E-state index < -0.39 is 0 Å². The second kappa shape index (κ2) is 4.58. The summed E-state index contributed by atoms with van der Waals surface area (Å²) >= 11 is 3.39. The van der Waals surface area contributed by atoms with Crippen LogP contribution in [0.25, 0.3) is 11.0 Å². The lowest BCUT2D eigenvalue weighted by atomic mass is 9.93. The summed E-state index contributed by atoms with van der Waals surface area (Å²) in [7, 11) is 0. The standard InChI is InChI=1S/C15H13BrN2/c1-10(11-5-3-2-4-6-11)13-9-17-15-12(13)7-8-14(16)18-15/h2-10H,1H3,(H,17,18). The third kappa shape index (κ3) is 1.95. The summed E-state index contributed by atoms with van der Waals surface area (Å²) in [4.78, 5) is 7.67. The molecule has 2 nitrogen and oxygen atoms in total. The molecule has 3 aromatic rings. The van der Waals surface area contributed by atoms with Crippen LogP contribution in [0.5, 0.6) is 0 Å². The van der Waals surface area contributed by atoms with E-state index in [-0.39, 0.29) is 0 Å². The number of hydrogen-bond donors (Lipinski definition) is 1. The summed E-state index contributed by atoms with van der Waals surface area (Å²) in [6.45, 7) is 2.22. The number of H-pyrrole nitrogens is 1. The highest BCUT2D eigenvalue weighted by Gasteiger charge is 2.13. The number of aromatic amines is 1. The smallest absolute Gasteiger partial charge is 0.138 e. The molecule has 3 rings (SSSR count). The zero-order valence-corrected chi connectivity index (χ0v) is 11.6. The predicted molar refractivity (Wildman–Crippen MR) is 77.8 cm³/mol. The Morgan fingerprint density at radius 2 is 1.89 bits per heavy atom. The fourth-order valence-electron chi connectivity index (χ4n) is 2.28. The Hall–Kier alpha value is -1.61. The maximum Gasteiger partial charge on any atom is 0.138 e. The number of fused-ring (bicyclic) bond motifs is 1. The molecule has 1 N–H and O–H groups in total. The van der Waals surface area contributed by atoms with Crippen molar-refractivity contribution in [3.63, 3.8) is 0 Å². The van der Waals surface area contributed by atoms with Crippen molar-refractivity contribution in [1.29, 1.82) is 0 Å². The highest BCUT2D eigenvalue weighted by Crippen LogP contribution is 2.30. The molecule has 3 heteroatoms. The molecule has 0 amide bonds. The van der Waals surface area contributed by atoms with Crippen molar-refractivity contribution in [2.75, 3.05) is 0 Å². The first-order valence-electron chi connectivity index (χ1n) is 5.94. The Balaban J connectivity index is 2.10. The minimum Gasteiger partial charge on any atom is -0.346 e. The van der Waals surface area contributed by atoms with E-state index >= 15 is 0 Å². The van der Waals surface area contributed by atoms with Gasteiger partial charge in [-0.2, -0.15) is 0 Å². The van der Waals surface area contributed by atoms with Gasteiger partial charge in [-0.3, -0.25) is 0 Å². The monoisotopic (exact) mass is 300 g/mol. The van der Waals surface area contributed by atoms with Gasteiger partial charge in [-0.1, -0.05) is 37.3 Å². The van der Waals surface area contributed by atoms with Crippen LogP contribution >= 0.6 is 15.9 Å². The van der Waals surface area contributed by atoms with Gasteiger partial charge < -0.3 is 4.98 Å². The minimum atomic E-state index is 0.364. The SMILES string of the molecule is CC(c1ccccc1)c1c[nH]c2nc(Br)ccc12. The molecule has 0 saturated carbocycles. The number of hydrogen-bond acceptors (Lipinski definition) is 1. The Bertz CT molecular complexity index is 673. The van der Waals surface area contributed by atoms with Crippen molar-refractivity contribution < 1.29 is 0 Å². The van der Waals surface area contributed by atoms with Gasteiger partial charge in [0.1, 0.15) is 10.3 Å². The van der Waals surface area contributed by atoms with Crippen molar-refractivity contribution in [3.05, 3.63) is 64.4 Å². The number of rotatable bonds is 2. The number of benzene rings is 1. The molecule has 0 radical (unpaired) electrons. The molecule has 1 aromatic carbocycles. The van der Waals surface area contributed by atoms with Crippen LogP contribution in [0.2, 0.25) is 0 Å².